The van der Waals surface area contributed by atoms with Crippen LogP contribution in [0.25, 0.3) is 0 Å². The zero-order valence-corrected chi connectivity index (χ0v) is 13.4. The molecule has 1 saturated carbocycles. The molecule has 1 fully saturated rings. The van der Waals surface area contributed by atoms with E-state index in [1.807, 2.05) is 6.07 Å². The molecule has 0 aliphatic heterocycles. The maximum atomic E-state index is 12.0. The molecule has 0 bridgehead atoms. The van der Waals surface area contributed by atoms with Crippen molar-refractivity contribution in [2.75, 3.05) is 14.2 Å². The van der Waals surface area contributed by atoms with Crippen LogP contribution in [0, 0.1) is 5.92 Å². The summed E-state index contributed by atoms with van der Waals surface area (Å²) in [4.78, 5) is 23.3. The molecule has 1 aromatic carbocycles. The Labute approximate surface area is 135 Å². The van der Waals surface area contributed by atoms with Gasteiger partial charge in [-0.2, -0.15) is 0 Å². The standard InChI is InChI=1S/C16H23N3O4/c1-22-13-7-6-10(8-14(13)23-2)9-18-16(21)19-12-5-3-4-11(12)15(17)20/h6-8,11-12H,3-5,9H2,1-2H3,(H2,17,20)(H2,18,19,21)/t11-,12-/m1/s1. The van der Waals surface area contributed by atoms with E-state index in [1.165, 1.54) is 0 Å². The Balaban J connectivity index is 1.88. The fraction of sp³-hybridized carbons (Fsp3) is 0.500. The lowest BCUT2D eigenvalue weighted by atomic mass is 10.0. The molecular weight excluding hydrogens is 298 g/mol. The van der Waals surface area contributed by atoms with Gasteiger partial charge in [0.15, 0.2) is 11.5 Å². The Morgan fingerprint density at radius 3 is 2.61 bits per heavy atom. The number of nitrogens with two attached hydrogens (primary N) is 1. The van der Waals surface area contributed by atoms with Crippen molar-refractivity contribution in [3.8, 4) is 11.5 Å². The Kier molecular flexibility index (Phi) is 5.67. The van der Waals surface area contributed by atoms with Crippen LogP contribution in [0.5, 0.6) is 11.5 Å². The molecule has 1 aromatic rings. The average molecular weight is 321 g/mol. The van der Waals surface area contributed by atoms with Crippen molar-refractivity contribution < 1.29 is 19.1 Å². The molecule has 2 rings (SSSR count). The number of amides is 3. The molecule has 0 radical (unpaired) electrons. The van der Waals surface area contributed by atoms with Gasteiger partial charge in [0.1, 0.15) is 0 Å². The number of carbonyl (C=O) groups excluding carboxylic acids is 2. The van der Waals surface area contributed by atoms with Gasteiger partial charge in [-0.25, -0.2) is 4.79 Å². The summed E-state index contributed by atoms with van der Waals surface area (Å²) in [5, 5.41) is 5.60. The molecule has 7 heteroatoms. The van der Waals surface area contributed by atoms with Gasteiger partial charge in [-0.05, 0) is 30.5 Å². The van der Waals surface area contributed by atoms with Gasteiger partial charge in [0.25, 0.3) is 0 Å². The largest absolute Gasteiger partial charge is 0.493 e. The number of ether oxygens (including phenoxy) is 2. The van der Waals surface area contributed by atoms with E-state index in [4.69, 9.17) is 15.2 Å². The van der Waals surface area contributed by atoms with E-state index >= 15 is 0 Å². The smallest absolute Gasteiger partial charge is 0.315 e. The SMILES string of the molecule is COc1ccc(CNC(=O)N[C@@H]2CCC[C@H]2C(N)=O)cc1OC. The molecule has 23 heavy (non-hydrogen) atoms. The van der Waals surface area contributed by atoms with Crippen molar-refractivity contribution in [2.24, 2.45) is 11.7 Å². The molecule has 0 aromatic heterocycles. The van der Waals surface area contributed by atoms with E-state index in [9.17, 15) is 9.59 Å². The van der Waals surface area contributed by atoms with Crippen molar-refractivity contribution in [2.45, 2.75) is 31.8 Å². The molecule has 7 nitrogen and oxygen atoms in total. The van der Waals surface area contributed by atoms with Gasteiger partial charge in [-0.15, -0.1) is 0 Å². The second-order valence-corrected chi connectivity index (χ2v) is 5.56. The van der Waals surface area contributed by atoms with Crippen LogP contribution in [0.4, 0.5) is 4.79 Å². The average Bonchev–Trinajstić information content (AvgIpc) is 3.00. The Bertz CT molecular complexity index is 576. The molecule has 0 spiro atoms. The normalized spacial score (nSPS) is 19.9. The molecule has 3 amide bonds. The molecule has 2 atom stereocenters. The van der Waals surface area contributed by atoms with Gasteiger partial charge in [0.05, 0.1) is 20.1 Å². The van der Waals surface area contributed by atoms with E-state index in [0.29, 0.717) is 18.0 Å². The van der Waals surface area contributed by atoms with Crippen LogP contribution in [-0.4, -0.2) is 32.2 Å². The topological polar surface area (TPSA) is 103 Å². The lowest BCUT2D eigenvalue weighted by Gasteiger charge is -2.18. The van der Waals surface area contributed by atoms with Gasteiger partial charge in [0, 0.05) is 12.6 Å². The summed E-state index contributed by atoms with van der Waals surface area (Å²) in [5.41, 5.74) is 6.24. The van der Waals surface area contributed by atoms with Crippen molar-refractivity contribution in [3.63, 3.8) is 0 Å². The van der Waals surface area contributed by atoms with E-state index in [1.54, 1.807) is 26.4 Å². The molecule has 126 valence electrons. The molecular formula is C16H23N3O4. The number of urea groups is 1. The van der Waals surface area contributed by atoms with Gasteiger partial charge in [-0.1, -0.05) is 12.5 Å². The third-order valence-electron chi connectivity index (χ3n) is 4.10. The highest BCUT2D eigenvalue weighted by Gasteiger charge is 2.32. The van der Waals surface area contributed by atoms with Crippen molar-refractivity contribution >= 4 is 11.9 Å². The maximum Gasteiger partial charge on any atom is 0.315 e. The first kappa shape index (κ1) is 16.9. The van der Waals surface area contributed by atoms with Crippen LogP contribution in [0.1, 0.15) is 24.8 Å². The summed E-state index contributed by atoms with van der Waals surface area (Å²) in [5.74, 6) is 0.613. The van der Waals surface area contributed by atoms with E-state index in [-0.39, 0.29) is 23.9 Å². The van der Waals surface area contributed by atoms with Crippen molar-refractivity contribution in [1.82, 2.24) is 10.6 Å². The van der Waals surface area contributed by atoms with E-state index in [0.717, 1.165) is 24.8 Å². The lowest BCUT2D eigenvalue weighted by Crippen LogP contribution is -2.46. The van der Waals surface area contributed by atoms with E-state index < -0.39 is 0 Å². The summed E-state index contributed by atoms with van der Waals surface area (Å²) in [6.45, 7) is 0.347. The first-order chi connectivity index (χ1) is 11.0. The van der Waals surface area contributed by atoms with Gasteiger partial charge >= 0.3 is 6.03 Å². The van der Waals surface area contributed by atoms with Crippen LogP contribution in [0.3, 0.4) is 0 Å². The second kappa shape index (κ2) is 7.71. The highest BCUT2D eigenvalue weighted by molar-refractivity contribution is 5.80. The van der Waals surface area contributed by atoms with Crippen LogP contribution in [-0.2, 0) is 11.3 Å². The van der Waals surface area contributed by atoms with Crippen LogP contribution < -0.4 is 25.8 Å². The molecule has 0 saturated heterocycles. The Morgan fingerprint density at radius 2 is 1.96 bits per heavy atom. The number of methoxy groups -OCH3 is 2. The first-order valence-corrected chi connectivity index (χ1v) is 7.59. The molecule has 1 aliphatic carbocycles. The molecule has 0 unspecified atom stereocenters. The number of hydrogen-bond acceptors (Lipinski definition) is 4. The second-order valence-electron chi connectivity index (χ2n) is 5.56. The molecule has 1 aliphatic rings. The fourth-order valence-corrected chi connectivity index (χ4v) is 2.87. The number of nitrogens with one attached hydrogen (secondary N) is 2. The summed E-state index contributed by atoms with van der Waals surface area (Å²) < 4.78 is 10.4. The monoisotopic (exact) mass is 321 g/mol. The lowest BCUT2D eigenvalue weighted by molar-refractivity contribution is -0.122. The number of rotatable bonds is 6. The zero-order chi connectivity index (χ0) is 16.8. The Morgan fingerprint density at radius 1 is 1.22 bits per heavy atom. The molecule has 0 heterocycles. The van der Waals surface area contributed by atoms with Gasteiger partial charge in [-0.3, -0.25) is 4.79 Å². The van der Waals surface area contributed by atoms with Crippen molar-refractivity contribution in [1.29, 1.82) is 0 Å². The van der Waals surface area contributed by atoms with Crippen molar-refractivity contribution in [3.05, 3.63) is 23.8 Å². The van der Waals surface area contributed by atoms with Crippen LogP contribution in [0.15, 0.2) is 18.2 Å². The summed E-state index contributed by atoms with van der Waals surface area (Å²) in [7, 11) is 3.13. The van der Waals surface area contributed by atoms with E-state index in [2.05, 4.69) is 10.6 Å². The molecule has 4 N–H and O–H groups in total. The third kappa shape index (κ3) is 4.28. The summed E-state index contributed by atoms with van der Waals surface area (Å²) in [6, 6.07) is 4.95. The Hall–Kier alpha value is -2.44. The predicted molar refractivity (Wildman–Crippen MR) is 85.2 cm³/mol. The van der Waals surface area contributed by atoms with Crippen LogP contribution in [0.2, 0.25) is 0 Å². The first-order valence-electron chi connectivity index (χ1n) is 7.59. The third-order valence-corrected chi connectivity index (χ3v) is 4.10. The number of hydrogen-bond donors (Lipinski definition) is 3. The minimum Gasteiger partial charge on any atom is -0.493 e. The fourth-order valence-electron chi connectivity index (χ4n) is 2.87. The van der Waals surface area contributed by atoms with Gasteiger partial charge < -0.3 is 25.8 Å². The number of carbonyl (C=O) groups is 2. The number of benzene rings is 1. The minimum absolute atomic E-state index is 0.182. The minimum atomic E-state index is -0.354. The number of primary amides is 1. The predicted octanol–water partition coefficient (Wildman–Crippen LogP) is 1.16. The quantitative estimate of drug-likeness (QED) is 0.731. The maximum absolute atomic E-state index is 12.0. The van der Waals surface area contributed by atoms with Crippen LogP contribution >= 0.6 is 0 Å². The van der Waals surface area contributed by atoms with Gasteiger partial charge in [0.2, 0.25) is 5.91 Å². The highest BCUT2D eigenvalue weighted by atomic mass is 16.5. The zero-order valence-electron chi connectivity index (χ0n) is 13.4. The highest BCUT2D eigenvalue weighted by Crippen LogP contribution is 2.27. The summed E-state index contributed by atoms with van der Waals surface area (Å²) >= 11 is 0. The summed E-state index contributed by atoms with van der Waals surface area (Å²) in [6.07, 6.45) is 2.40.